The first-order valence-electron chi connectivity index (χ1n) is 7.53. The lowest BCUT2D eigenvalue weighted by molar-refractivity contribution is -0.115. The summed E-state index contributed by atoms with van der Waals surface area (Å²) < 4.78 is 0. The molecule has 0 saturated carbocycles. The largest absolute Gasteiger partial charge is 0.324 e. The fourth-order valence-corrected chi connectivity index (χ4v) is 3.11. The summed E-state index contributed by atoms with van der Waals surface area (Å²) in [5, 5.41) is 5.40. The van der Waals surface area contributed by atoms with Gasteiger partial charge in [0.1, 0.15) is 10.7 Å². The second-order valence-electron chi connectivity index (χ2n) is 5.56. The van der Waals surface area contributed by atoms with Crippen molar-refractivity contribution in [2.75, 3.05) is 5.32 Å². The number of H-pyrrole nitrogens is 1. The molecule has 3 aromatic rings. The molecule has 3 rings (SSSR count). The van der Waals surface area contributed by atoms with E-state index in [9.17, 15) is 9.59 Å². The predicted molar refractivity (Wildman–Crippen MR) is 96.4 cm³/mol. The number of hydrogen-bond acceptors (Lipinski definition) is 4. The minimum atomic E-state index is -0.297. The number of aryl methyl sites for hydroxylation is 2. The van der Waals surface area contributed by atoms with Crippen molar-refractivity contribution in [2.24, 2.45) is 0 Å². The van der Waals surface area contributed by atoms with Crippen molar-refractivity contribution < 1.29 is 4.79 Å². The first-order chi connectivity index (χ1) is 11.5. The average Bonchev–Trinajstić information content (AvgIpc) is 3.02. The van der Waals surface area contributed by atoms with Crippen LogP contribution in [0.15, 0.2) is 46.6 Å². The minimum absolute atomic E-state index is 0.135. The molecule has 1 aromatic carbocycles. The Balaban J connectivity index is 1.71. The Bertz CT molecular complexity index is 929. The Morgan fingerprint density at radius 3 is 2.75 bits per heavy atom. The van der Waals surface area contributed by atoms with Gasteiger partial charge in [-0.3, -0.25) is 9.59 Å². The summed E-state index contributed by atoms with van der Waals surface area (Å²) in [7, 11) is 0. The summed E-state index contributed by atoms with van der Waals surface area (Å²) in [5.41, 5.74) is 3.41. The second-order valence-corrected chi connectivity index (χ2v) is 6.41. The molecule has 0 bridgehead atoms. The van der Waals surface area contributed by atoms with Crippen LogP contribution in [0.3, 0.4) is 0 Å². The Hall–Kier alpha value is -2.73. The van der Waals surface area contributed by atoms with Gasteiger partial charge in [-0.2, -0.15) is 0 Å². The van der Waals surface area contributed by atoms with E-state index in [2.05, 4.69) is 15.3 Å². The zero-order chi connectivity index (χ0) is 17.1. The van der Waals surface area contributed by atoms with Crippen LogP contribution in [0.2, 0.25) is 0 Å². The van der Waals surface area contributed by atoms with E-state index in [-0.39, 0.29) is 23.6 Å². The fourth-order valence-electron chi connectivity index (χ4n) is 2.28. The highest BCUT2D eigenvalue weighted by Crippen LogP contribution is 2.23. The number of nitrogens with one attached hydrogen (secondary N) is 2. The maximum atomic E-state index is 12.2. The van der Waals surface area contributed by atoms with Crippen LogP contribution in [-0.2, 0) is 11.2 Å². The first-order valence-corrected chi connectivity index (χ1v) is 8.41. The molecule has 2 N–H and O–H groups in total. The summed E-state index contributed by atoms with van der Waals surface area (Å²) in [6.07, 6.45) is 0.135. The van der Waals surface area contributed by atoms with Gasteiger partial charge in [0.2, 0.25) is 5.91 Å². The van der Waals surface area contributed by atoms with Crippen LogP contribution in [0.5, 0.6) is 0 Å². The molecule has 2 aromatic heterocycles. The standard InChI is InChI=1S/C18H17N3O2S/c1-11-8-15(17(23)19-12(11)2)21-16(22)9-14-10-24-18(20-14)13-6-4-3-5-7-13/h3-8,10H,9H2,1-2H3,(H,19,23)(H,21,22). The van der Waals surface area contributed by atoms with E-state index >= 15 is 0 Å². The number of benzene rings is 1. The summed E-state index contributed by atoms with van der Waals surface area (Å²) in [5.74, 6) is -0.256. The number of hydrogen-bond donors (Lipinski definition) is 2. The van der Waals surface area contributed by atoms with Gasteiger partial charge < -0.3 is 10.3 Å². The lowest BCUT2D eigenvalue weighted by Gasteiger charge is -2.06. The normalized spacial score (nSPS) is 10.6. The number of carbonyl (C=O) groups excluding carboxylic acids is 1. The molecule has 24 heavy (non-hydrogen) atoms. The molecule has 2 heterocycles. The van der Waals surface area contributed by atoms with Crippen LogP contribution in [0, 0.1) is 13.8 Å². The van der Waals surface area contributed by atoms with Crippen LogP contribution in [0.1, 0.15) is 17.0 Å². The molecule has 0 fully saturated rings. The quantitative estimate of drug-likeness (QED) is 0.766. The SMILES string of the molecule is Cc1cc(NC(=O)Cc2csc(-c3ccccc3)n2)c(=O)[nH]c1C. The van der Waals surface area contributed by atoms with E-state index in [1.165, 1.54) is 11.3 Å². The van der Waals surface area contributed by atoms with Gasteiger partial charge in [-0.1, -0.05) is 30.3 Å². The highest BCUT2D eigenvalue weighted by molar-refractivity contribution is 7.13. The van der Waals surface area contributed by atoms with Crippen molar-refractivity contribution in [2.45, 2.75) is 20.3 Å². The molecule has 0 atom stereocenters. The average molecular weight is 339 g/mol. The molecule has 122 valence electrons. The van der Waals surface area contributed by atoms with Crippen molar-refractivity contribution >= 4 is 22.9 Å². The van der Waals surface area contributed by atoms with Crippen molar-refractivity contribution in [1.29, 1.82) is 0 Å². The van der Waals surface area contributed by atoms with Crippen LogP contribution in [-0.4, -0.2) is 15.9 Å². The van der Waals surface area contributed by atoms with Gasteiger partial charge in [-0.05, 0) is 25.5 Å². The van der Waals surface area contributed by atoms with Crippen LogP contribution in [0.4, 0.5) is 5.69 Å². The highest BCUT2D eigenvalue weighted by Gasteiger charge is 2.11. The van der Waals surface area contributed by atoms with Crippen molar-refractivity contribution in [3.8, 4) is 10.6 Å². The number of aromatic amines is 1. The third-order valence-electron chi connectivity index (χ3n) is 3.69. The Morgan fingerprint density at radius 2 is 2.00 bits per heavy atom. The van der Waals surface area contributed by atoms with E-state index < -0.39 is 0 Å². The Kier molecular flexibility index (Phi) is 4.57. The predicted octanol–water partition coefficient (Wildman–Crippen LogP) is 3.30. The third kappa shape index (κ3) is 3.60. The molecule has 0 aliphatic heterocycles. The smallest absolute Gasteiger partial charge is 0.271 e. The topological polar surface area (TPSA) is 74.8 Å². The molecular formula is C18H17N3O2S. The number of aromatic nitrogens is 2. The van der Waals surface area contributed by atoms with Crippen molar-refractivity contribution in [3.63, 3.8) is 0 Å². The van der Waals surface area contributed by atoms with Gasteiger partial charge in [0.25, 0.3) is 5.56 Å². The van der Waals surface area contributed by atoms with Crippen molar-refractivity contribution in [1.82, 2.24) is 9.97 Å². The molecule has 0 spiro atoms. The fraction of sp³-hybridized carbons (Fsp3) is 0.167. The maximum absolute atomic E-state index is 12.2. The lowest BCUT2D eigenvalue weighted by Crippen LogP contribution is -2.22. The maximum Gasteiger partial charge on any atom is 0.271 e. The molecule has 6 heteroatoms. The van der Waals surface area contributed by atoms with E-state index in [0.29, 0.717) is 5.69 Å². The molecule has 1 amide bonds. The van der Waals surface area contributed by atoms with E-state index in [1.54, 1.807) is 6.07 Å². The van der Waals surface area contributed by atoms with Crippen LogP contribution >= 0.6 is 11.3 Å². The van der Waals surface area contributed by atoms with Gasteiger partial charge in [0, 0.05) is 16.6 Å². The Morgan fingerprint density at radius 1 is 1.25 bits per heavy atom. The lowest BCUT2D eigenvalue weighted by atomic mass is 10.2. The second kappa shape index (κ2) is 6.80. The minimum Gasteiger partial charge on any atom is -0.324 e. The summed E-state index contributed by atoms with van der Waals surface area (Å²) >= 11 is 1.50. The molecular weight excluding hydrogens is 322 g/mol. The summed E-state index contributed by atoms with van der Waals surface area (Å²) in [6, 6.07) is 11.5. The zero-order valence-electron chi connectivity index (χ0n) is 13.4. The van der Waals surface area contributed by atoms with E-state index in [4.69, 9.17) is 0 Å². The van der Waals surface area contributed by atoms with E-state index in [1.807, 2.05) is 49.6 Å². The zero-order valence-corrected chi connectivity index (χ0v) is 14.2. The molecule has 0 saturated heterocycles. The number of thiazole rings is 1. The Labute approximate surface area is 143 Å². The van der Waals surface area contributed by atoms with Gasteiger partial charge in [-0.15, -0.1) is 11.3 Å². The van der Waals surface area contributed by atoms with E-state index in [0.717, 1.165) is 21.8 Å². The number of amides is 1. The highest BCUT2D eigenvalue weighted by atomic mass is 32.1. The molecule has 0 radical (unpaired) electrons. The number of nitrogens with zero attached hydrogens (tertiary/aromatic N) is 1. The molecule has 0 unspecified atom stereocenters. The molecule has 0 aliphatic carbocycles. The number of rotatable bonds is 4. The summed E-state index contributed by atoms with van der Waals surface area (Å²) in [6.45, 7) is 3.70. The first kappa shape index (κ1) is 16.1. The third-order valence-corrected chi connectivity index (χ3v) is 4.63. The molecule has 0 aliphatic rings. The number of pyridine rings is 1. The van der Waals surface area contributed by atoms with Crippen LogP contribution < -0.4 is 10.9 Å². The number of anilines is 1. The van der Waals surface area contributed by atoms with Gasteiger partial charge in [0.15, 0.2) is 0 Å². The summed E-state index contributed by atoms with van der Waals surface area (Å²) in [4.78, 5) is 31.3. The van der Waals surface area contributed by atoms with Crippen LogP contribution in [0.25, 0.3) is 10.6 Å². The van der Waals surface area contributed by atoms with Gasteiger partial charge >= 0.3 is 0 Å². The van der Waals surface area contributed by atoms with Crippen molar-refractivity contribution in [3.05, 3.63) is 69.1 Å². The molecule has 5 nitrogen and oxygen atoms in total. The monoisotopic (exact) mass is 339 g/mol. The number of carbonyl (C=O) groups is 1. The van der Waals surface area contributed by atoms with Gasteiger partial charge in [-0.25, -0.2) is 4.98 Å². The van der Waals surface area contributed by atoms with Gasteiger partial charge in [0.05, 0.1) is 12.1 Å².